The topological polar surface area (TPSA) is 9.23 Å². The van der Waals surface area contributed by atoms with Crippen LogP contribution in [0.4, 0.5) is 8.78 Å². The minimum atomic E-state index is -2.76. The van der Waals surface area contributed by atoms with E-state index in [-0.39, 0.29) is 18.3 Å². The Kier molecular flexibility index (Phi) is 4.51. The maximum Gasteiger partial charge on any atom is 0.298 e. The summed E-state index contributed by atoms with van der Waals surface area (Å²) >= 11 is 6.32. The number of alkyl halides is 2. The monoisotopic (exact) mass is 292 g/mol. The summed E-state index contributed by atoms with van der Waals surface area (Å²) < 4.78 is 33.0. The Morgan fingerprint density at radius 2 is 2.00 bits per heavy atom. The fourth-order valence-electron chi connectivity index (χ4n) is 1.99. The summed E-state index contributed by atoms with van der Waals surface area (Å²) in [5.41, 5.74) is 0. The van der Waals surface area contributed by atoms with Crippen LogP contribution >= 0.6 is 23.4 Å². The number of ether oxygens (including phenoxy) is 1. The second kappa shape index (κ2) is 5.76. The number of halogens is 3. The maximum atomic E-state index is 13.9. The number of benzene rings is 1. The number of hydrogen-bond acceptors (Lipinski definition) is 2. The first-order valence-corrected chi connectivity index (χ1v) is 7.06. The molecule has 2 unspecified atom stereocenters. The Hall–Kier alpha value is -0.320. The molecule has 0 amide bonds. The second-order valence-electron chi connectivity index (χ2n) is 4.67. The molecule has 5 heteroatoms. The minimum absolute atomic E-state index is 0.0557. The van der Waals surface area contributed by atoms with Gasteiger partial charge in [-0.15, -0.1) is 0 Å². The first-order chi connectivity index (χ1) is 8.46. The zero-order valence-corrected chi connectivity index (χ0v) is 11.6. The highest BCUT2D eigenvalue weighted by Crippen LogP contribution is 2.43. The fraction of sp³-hybridized carbons (Fsp3) is 0.538. The summed E-state index contributed by atoms with van der Waals surface area (Å²) in [6, 6.07) is 6.49. The van der Waals surface area contributed by atoms with Gasteiger partial charge in [0.1, 0.15) is 0 Å². The molecule has 1 heterocycles. The Labute approximate surface area is 115 Å². The van der Waals surface area contributed by atoms with Crippen molar-refractivity contribution in [3.8, 4) is 0 Å². The Morgan fingerprint density at radius 3 is 2.56 bits per heavy atom. The molecule has 2 atom stereocenters. The molecule has 1 aliphatic rings. The second-order valence-corrected chi connectivity index (χ2v) is 6.38. The third-order valence-electron chi connectivity index (χ3n) is 3.10. The molecule has 0 aliphatic carbocycles. The summed E-state index contributed by atoms with van der Waals surface area (Å²) in [4.78, 5) is 0.538. The van der Waals surface area contributed by atoms with E-state index in [0.717, 1.165) is 0 Å². The smallest absolute Gasteiger partial charge is 0.298 e. The lowest BCUT2D eigenvalue weighted by Gasteiger charge is -2.21. The SMILES string of the molecule is CC1COCC1CC(F)(F)Sc1ccc(Cl)cc1. The van der Waals surface area contributed by atoms with Crippen LogP contribution in [-0.2, 0) is 4.74 Å². The average molecular weight is 293 g/mol. The number of rotatable bonds is 4. The number of hydrogen-bond donors (Lipinski definition) is 0. The van der Waals surface area contributed by atoms with Crippen LogP contribution in [0.5, 0.6) is 0 Å². The van der Waals surface area contributed by atoms with Gasteiger partial charge in [0, 0.05) is 29.6 Å². The fourth-order valence-corrected chi connectivity index (χ4v) is 3.03. The van der Waals surface area contributed by atoms with E-state index in [9.17, 15) is 8.78 Å². The lowest BCUT2D eigenvalue weighted by Crippen LogP contribution is -2.20. The van der Waals surface area contributed by atoms with Crippen LogP contribution < -0.4 is 0 Å². The molecular weight excluding hydrogens is 278 g/mol. The van der Waals surface area contributed by atoms with Crippen molar-refractivity contribution >= 4 is 23.4 Å². The highest BCUT2D eigenvalue weighted by molar-refractivity contribution is 8.00. The zero-order valence-electron chi connectivity index (χ0n) is 10.0. The van der Waals surface area contributed by atoms with Crippen LogP contribution in [0.25, 0.3) is 0 Å². The largest absolute Gasteiger partial charge is 0.381 e. The van der Waals surface area contributed by atoms with Crippen molar-refractivity contribution in [1.82, 2.24) is 0 Å². The van der Waals surface area contributed by atoms with E-state index >= 15 is 0 Å². The van der Waals surface area contributed by atoms with E-state index in [1.54, 1.807) is 24.3 Å². The quantitative estimate of drug-likeness (QED) is 0.744. The first kappa shape index (κ1) is 14.1. The van der Waals surface area contributed by atoms with Gasteiger partial charge in [-0.05, 0) is 36.1 Å². The van der Waals surface area contributed by atoms with E-state index in [1.165, 1.54) is 0 Å². The van der Waals surface area contributed by atoms with Gasteiger partial charge in [-0.25, -0.2) is 0 Å². The Balaban J connectivity index is 1.96. The molecule has 0 N–H and O–H groups in total. The molecule has 1 fully saturated rings. The van der Waals surface area contributed by atoms with E-state index in [1.807, 2.05) is 6.92 Å². The molecule has 100 valence electrons. The van der Waals surface area contributed by atoms with Gasteiger partial charge in [-0.3, -0.25) is 0 Å². The maximum absolute atomic E-state index is 13.9. The van der Waals surface area contributed by atoms with Crippen LogP contribution in [0.2, 0.25) is 5.02 Å². The van der Waals surface area contributed by atoms with Crippen LogP contribution in [-0.4, -0.2) is 18.5 Å². The molecule has 0 saturated carbocycles. The van der Waals surface area contributed by atoms with Gasteiger partial charge in [0.05, 0.1) is 0 Å². The highest BCUT2D eigenvalue weighted by Gasteiger charge is 2.38. The van der Waals surface area contributed by atoms with Crippen molar-refractivity contribution in [2.24, 2.45) is 11.8 Å². The van der Waals surface area contributed by atoms with Crippen molar-refractivity contribution < 1.29 is 13.5 Å². The van der Waals surface area contributed by atoms with Crippen LogP contribution in [0.3, 0.4) is 0 Å². The van der Waals surface area contributed by atoms with Crippen LogP contribution in [0.1, 0.15) is 13.3 Å². The molecule has 0 spiro atoms. The van der Waals surface area contributed by atoms with Crippen molar-refractivity contribution in [3.05, 3.63) is 29.3 Å². The first-order valence-electron chi connectivity index (χ1n) is 5.86. The third-order valence-corrected chi connectivity index (χ3v) is 4.32. The van der Waals surface area contributed by atoms with Crippen molar-refractivity contribution in [2.75, 3.05) is 13.2 Å². The molecule has 1 aromatic carbocycles. The zero-order chi connectivity index (χ0) is 13.2. The molecule has 1 aromatic rings. The van der Waals surface area contributed by atoms with E-state index < -0.39 is 5.25 Å². The summed E-state index contributed by atoms with van der Waals surface area (Å²) in [7, 11) is 0. The van der Waals surface area contributed by atoms with Gasteiger partial charge >= 0.3 is 0 Å². The molecule has 18 heavy (non-hydrogen) atoms. The number of thioether (sulfide) groups is 1. The lowest BCUT2D eigenvalue weighted by atomic mass is 9.95. The summed E-state index contributed by atoms with van der Waals surface area (Å²) in [5.74, 6) is 0.154. The molecule has 1 nitrogen and oxygen atoms in total. The van der Waals surface area contributed by atoms with Gasteiger partial charge in [0.25, 0.3) is 5.25 Å². The molecule has 2 rings (SSSR count). The third kappa shape index (κ3) is 3.84. The van der Waals surface area contributed by atoms with E-state index in [4.69, 9.17) is 16.3 Å². The van der Waals surface area contributed by atoms with Gasteiger partial charge in [-0.2, -0.15) is 8.78 Å². The van der Waals surface area contributed by atoms with Crippen molar-refractivity contribution in [2.45, 2.75) is 23.5 Å². The summed E-state index contributed by atoms with van der Waals surface area (Å²) in [6.07, 6.45) is -0.137. The van der Waals surface area contributed by atoms with Crippen LogP contribution in [0, 0.1) is 11.8 Å². The van der Waals surface area contributed by atoms with Crippen molar-refractivity contribution in [1.29, 1.82) is 0 Å². The van der Waals surface area contributed by atoms with E-state index in [2.05, 4.69) is 0 Å². The molecular formula is C13H15ClF2OS. The summed E-state index contributed by atoms with van der Waals surface area (Å²) in [5, 5.41) is -2.21. The highest BCUT2D eigenvalue weighted by atomic mass is 35.5. The summed E-state index contributed by atoms with van der Waals surface area (Å²) in [6.45, 7) is 2.99. The molecule has 1 saturated heterocycles. The average Bonchev–Trinajstić information content (AvgIpc) is 2.67. The molecule has 0 bridgehead atoms. The normalized spacial score (nSPS) is 24.4. The molecule has 1 aliphatic heterocycles. The lowest BCUT2D eigenvalue weighted by molar-refractivity contribution is 0.0662. The standard InChI is InChI=1S/C13H15ClF2OS/c1-9-7-17-8-10(9)6-13(15,16)18-12-4-2-11(14)3-5-12/h2-5,9-10H,6-8H2,1H3. The van der Waals surface area contributed by atoms with Crippen LogP contribution in [0.15, 0.2) is 29.2 Å². The van der Waals surface area contributed by atoms with Gasteiger partial charge in [-0.1, -0.05) is 30.3 Å². The van der Waals surface area contributed by atoms with Gasteiger partial charge in [0.2, 0.25) is 0 Å². The predicted octanol–water partition coefficient (Wildman–Crippen LogP) is 4.70. The Morgan fingerprint density at radius 1 is 1.33 bits per heavy atom. The van der Waals surface area contributed by atoms with Gasteiger partial charge < -0.3 is 4.74 Å². The predicted molar refractivity (Wildman–Crippen MR) is 70.3 cm³/mol. The van der Waals surface area contributed by atoms with Crippen molar-refractivity contribution in [3.63, 3.8) is 0 Å². The van der Waals surface area contributed by atoms with E-state index in [0.29, 0.717) is 34.9 Å². The van der Waals surface area contributed by atoms with Gasteiger partial charge in [0.15, 0.2) is 0 Å². The molecule has 0 aromatic heterocycles. The minimum Gasteiger partial charge on any atom is -0.381 e. The Bertz CT molecular complexity index is 396. The molecule has 0 radical (unpaired) electrons.